The number of amides is 1. The Balaban J connectivity index is 1.79. The van der Waals surface area contributed by atoms with Gasteiger partial charge >= 0.3 is 0 Å². The highest BCUT2D eigenvalue weighted by molar-refractivity contribution is 6.32. The lowest BCUT2D eigenvalue weighted by Gasteiger charge is -2.13. The Morgan fingerprint density at radius 2 is 1.97 bits per heavy atom. The summed E-state index contributed by atoms with van der Waals surface area (Å²) in [5, 5.41) is 6.36. The molecule has 160 valence electrons. The monoisotopic (exact) mass is 438 g/mol. The van der Waals surface area contributed by atoms with Crippen molar-refractivity contribution in [2.24, 2.45) is 4.99 Å². The van der Waals surface area contributed by atoms with Crippen LogP contribution in [0.1, 0.15) is 22.8 Å². The first-order valence-electron chi connectivity index (χ1n) is 9.67. The molecule has 2 aromatic carbocycles. The highest BCUT2D eigenvalue weighted by Crippen LogP contribution is 2.27. The highest BCUT2D eigenvalue weighted by atomic mass is 35.5. The van der Waals surface area contributed by atoms with E-state index in [0.717, 1.165) is 5.56 Å². The van der Waals surface area contributed by atoms with Gasteiger partial charge in [0.1, 0.15) is 11.5 Å². The molecule has 8 heteroatoms. The van der Waals surface area contributed by atoms with Crippen molar-refractivity contribution in [1.82, 2.24) is 10.3 Å². The number of aliphatic imine (C=N–C) groups is 1. The Kier molecular flexibility index (Phi) is 7.84. The molecule has 3 aromatic rings. The van der Waals surface area contributed by atoms with Crippen molar-refractivity contribution in [2.75, 3.05) is 19.0 Å². The predicted molar refractivity (Wildman–Crippen MR) is 122 cm³/mol. The van der Waals surface area contributed by atoms with Crippen molar-refractivity contribution in [2.45, 2.75) is 13.5 Å². The first-order chi connectivity index (χ1) is 15.1. The van der Waals surface area contributed by atoms with Crippen LogP contribution in [0.15, 0.2) is 72.0 Å². The van der Waals surface area contributed by atoms with Crippen LogP contribution in [0.25, 0.3) is 0 Å². The van der Waals surface area contributed by atoms with Crippen molar-refractivity contribution in [1.29, 1.82) is 0 Å². The predicted octanol–water partition coefficient (Wildman–Crippen LogP) is 4.54. The highest BCUT2D eigenvalue weighted by Gasteiger charge is 2.11. The number of ether oxygens (including phenoxy) is 2. The second-order valence-corrected chi connectivity index (χ2v) is 6.82. The van der Waals surface area contributed by atoms with Crippen molar-refractivity contribution in [3.05, 3.63) is 83.1 Å². The van der Waals surface area contributed by atoms with Gasteiger partial charge in [0.15, 0.2) is 0 Å². The van der Waals surface area contributed by atoms with Gasteiger partial charge in [0.05, 0.1) is 25.3 Å². The van der Waals surface area contributed by atoms with Crippen molar-refractivity contribution in [3.8, 4) is 11.5 Å². The number of rotatable bonds is 7. The van der Waals surface area contributed by atoms with E-state index in [2.05, 4.69) is 20.6 Å². The summed E-state index contributed by atoms with van der Waals surface area (Å²) in [4.78, 5) is 21.4. The van der Waals surface area contributed by atoms with Gasteiger partial charge in [-0.05, 0) is 61.0 Å². The quantitative estimate of drug-likeness (QED) is 0.418. The fourth-order valence-electron chi connectivity index (χ4n) is 2.70. The third kappa shape index (κ3) is 6.45. The van der Waals surface area contributed by atoms with Crippen LogP contribution in [-0.4, -0.2) is 30.6 Å². The molecular formula is C23H23ClN4O3. The molecule has 3 rings (SSSR count). The molecule has 0 radical (unpaired) electrons. The van der Waals surface area contributed by atoms with Crippen LogP contribution in [0.2, 0.25) is 5.02 Å². The third-order valence-corrected chi connectivity index (χ3v) is 4.51. The first-order valence-corrected chi connectivity index (χ1v) is 10.0. The van der Waals surface area contributed by atoms with E-state index in [-0.39, 0.29) is 11.9 Å². The van der Waals surface area contributed by atoms with Gasteiger partial charge in [0.2, 0.25) is 5.96 Å². The molecular weight excluding hydrogens is 416 g/mol. The number of pyridine rings is 1. The maximum absolute atomic E-state index is 12.8. The van der Waals surface area contributed by atoms with E-state index in [4.69, 9.17) is 21.1 Å². The standard InChI is InChI=1S/C23H23ClN4O3/c1-3-31-19-9-6-17(7-10-19)22(29)28-23(26-15-16-5-4-12-25-14-16)27-18-8-11-21(30-2)20(24)13-18/h4-14H,3,15H2,1-2H3,(H2,26,27,28,29). The maximum Gasteiger partial charge on any atom is 0.257 e. The molecule has 0 aliphatic heterocycles. The summed E-state index contributed by atoms with van der Waals surface area (Å²) in [6.07, 6.45) is 3.42. The number of carbonyl (C=O) groups is 1. The van der Waals surface area contributed by atoms with Crippen LogP contribution in [0.5, 0.6) is 11.5 Å². The summed E-state index contributed by atoms with van der Waals surface area (Å²) in [6, 6.07) is 15.9. The van der Waals surface area contributed by atoms with E-state index in [9.17, 15) is 4.79 Å². The number of carbonyl (C=O) groups excluding carboxylic acids is 1. The molecule has 0 aliphatic carbocycles. The molecule has 31 heavy (non-hydrogen) atoms. The summed E-state index contributed by atoms with van der Waals surface area (Å²) in [5.41, 5.74) is 2.04. The largest absolute Gasteiger partial charge is 0.495 e. The lowest BCUT2D eigenvalue weighted by atomic mass is 10.2. The van der Waals surface area contributed by atoms with E-state index in [1.165, 1.54) is 0 Å². The van der Waals surface area contributed by atoms with Crippen LogP contribution in [0, 0.1) is 0 Å². The Morgan fingerprint density at radius 3 is 2.61 bits per heavy atom. The lowest BCUT2D eigenvalue weighted by Crippen LogP contribution is -2.36. The number of halogens is 1. The molecule has 0 fully saturated rings. The van der Waals surface area contributed by atoms with Gasteiger partial charge < -0.3 is 14.8 Å². The van der Waals surface area contributed by atoms with E-state index in [1.807, 2.05) is 19.1 Å². The smallest absolute Gasteiger partial charge is 0.257 e. The summed E-state index contributed by atoms with van der Waals surface area (Å²) < 4.78 is 10.6. The third-order valence-electron chi connectivity index (χ3n) is 4.22. The summed E-state index contributed by atoms with van der Waals surface area (Å²) in [5.74, 6) is 1.24. The number of anilines is 1. The van der Waals surface area contributed by atoms with E-state index < -0.39 is 0 Å². The second-order valence-electron chi connectivity index (χ2n) is 6.41. The van der Waals surface area contributed by atoms with Crippen LogP contribution in [0.3, 0.4) is 0 Å². The molecule has 0 bridgehead atoms. The van der Waals surface area contributed by atoms with Gasteiger partial charge in [-0.3, -0.25) is 15.1 Å². The molecule has 0 spiro atoms. The topological polar surface area (TPSA) is 84.8 Å². The minimum Gasteiger partial charge on any atom is -0.495 e. The molecule has 0 aliphatic rings. The molecule has 0 saturated carbocycles. The fourth-order valence-corrected chi connectivity index (χ4v) is 2.96. The Morgan fingerprint density at radius 1 is 1.16 bits per heavy atom. The van der Waals surface area contributed by atoms with Crippen LogP contribution < -0.4 is 20.1 Å². The number of guanidine groups is 1. The van der Waals surface area contributed by atoms with Crippen LogP contribution in [0.4, 0.5) is 5.69 Å². The number of hydrogen-bond donors (Lipinski definition) is 2. The molecule has 0 unspecified atom stereocenters. The molecule has 0 atom stereocenters. The summed E-state index contributed by atoms with van der Waals surface area (Å²) in [6.45, 7) is 2.80. The SMILES string of the molecule is CCOc1ccc(C(=O)NC(=NCc2cccnc2)Nc2ccc(OC)c(Cl)c2)cc1. The number of methoxy groups -OCH3 is 1. The number of aromatic nitrogens is 1. The number of hydrogen-bond acceptors (Lipinski definition) is 5. The molecule has 7 nitrogen and oxygen atoms in total. The summed E-state index contributed by atoms with van der Waals surface area (Å²) in [7, 11) is 1.55. The number of nitrogens with zero attached hydrogens (tertiary/aromatic N) is 2. The van der Waals surface area contributed by atoms with E-state index in [0.29, 0.717) is 40.9 Å². The van der Waals surface area contributed by atoms with Gasteiger partial charge in [-0.25, -0.2) is 4.99 Å². The molecule has 1 aromatic heterocycles. The zero-order valence-electron chi connectivity index (χ0n) is 17.3. The maximum atomic E-state index is 12.8. The van der Waals surface area contributed by atoms with Crippen molar-refractivity contribution < 1.29 is 14.3 Å². The van der Waals surface area contributed by atoms with Gasteiger partial charge in [-0.15, -0.1) is 0 Å². The van der Waals surface area contributed by atoms with Gasteiger partial charge in [0, 0.05) is 23.6 Å². The lowest BCUT2D eigenvalue weighted by molar-refractivity contribution is 0.0977. The van der Waals surface area contributed by atoms with Crippen molar-refractivity contribution >= 4 is 29.2 Å². The second kappa shape index (κ2) is 11.0. The minimum absolute atomic E-state index is 0.281. The van der Waals surface area contributed by atoms with Gasteiger partial charge in [-0.2, -0.15) is 0 Å². The fraction of sp³-hybridized carbons (Fsp3) is 0.174. The van der Waals surface area contributed by atoms with Crippen molar-refractivity contribution in [3.63, 3.8) is 0 Å². The summed E-state index contributed by atoms with van der Waals surface area (Å²) >= 11 is 6.22. The zero-order valence-corrected chi connectivity index (χ0v) is 18.0. The molecule has 2 N–H and O–H groups in total. The average molecular weight is 439 g/mol. The molecule has 1 heterocycles. The van der Waals surface area contributed by atoms with Crippen LogP contribution >= 0.6 is 11.6 Å². The Labute approximate surface area is 186 Å². The first kappa shape index (κ1) is 22.1. The Bertz CT molecular complexity index is 1040. The van der Waals surface area contributed by atoms with E-state index >= 15 is 0 Å². The number of benzene rings is 2. The number of nitrogens with one attached hydrogen (secondary N) is 2. The van der Waals surface area contributed by atoms with Gasteiger partial charge in [-0.1, -0.05) is 17.7 Å². The van der Waals surface area contributed by atoms with E-state index in [1.54, 1.807) is 62.0 Å². The van der Waals surface area contributed by atoms with Gasteiger partial charge in [0.25, 0.3) is 5.91 Å². The average Bonchev–Trinajstić information content (AvgIpc) is 2.79. The normalized spacial score (nSPS) is 11.0. The molecule has 0 saturated heterocycles. The Hall–Kier alpha value is -3.58. The van der Waals surface area contributed by atoms with Crippen LogP contribution in [-0.2, 0) is 6.54 Å². The molecule has 1 amide bonds. The minimum atomic E-state index is -0.305. The zero-order chi connectivity index (χ0) is 22.1.